The van der Waals surface area contributed by atoms with Crippen molar-refractivity contribution in [2.75, 3.05) is 19.0 Å². The van der Waals surface area contributed by atoms with Gasteiger partial charge in [0.05, 0.1) is 33.4 Å². The van der Waals surface area contributed by atoms with Crippen LogP contribution in [0.1, 0.15) is 108 Å². The van der Waals surface area contributed by atoms with E-state index in [4.69, 9.17) is 13.7 Å². The second-order valence-corrected chi connectivity index (χ2v) is 14.6. The fourth-order valence-corrected chi connectivity index (χ4v) is 9.26. The number of benzene rings is 1. The van der Waals surface area contributed by atoms with Crippen LogP contribution in [-0.2, 0) is 9.47 Å². The first-order chi connectivity index (χ1) is 20.6. The lowest BCUT2D eigenvalue weighted by atomic mass is 9.83. The van der Waals surface area contributed by atoms with Crippen LogP contribution in [0.4, 0.5) is 0 Å². The standard InChI is InChI=1S/C33H44N2O4S3/c1-3-5-17-37-26-11-7-23(8-12-26)19-29(36)28-15-16-30(32-31(28)41-33(42-32)25(20-34)21-35)39-40-22-24-9-13-27(14-10-24)38-18-6-4-2/h15-16,23-24,26-27H,3-14,17-19,22H2,1-2H3. The summed E-state index contributed by atoms with van der Waals surface area (Å²) in [5.41, 5.74) is 0.755. The number of carbonyl (C=O) groups excluding carboxylic acids is 1. The lowest BCUT2D eigenvalue weighted by Gasteiger charge is -2.28. The van der Waals surface area contributed by atoms with E-state index >= 15 is 0 Å². The topological polar surface area (TPSA) is 92.3 Å². The van der Waals surface area contributed by atoms with Crippen LogP contribution in [0.25, 0.3) is 0 Å². The van der Waals surface area contributed by atoms with E-state index in [1.54, 1.807) is 0 Å². The van der Waals surface area contributed by atoms with E-state index in [-0.39, 0.29) is 11.4 Å². The second-order valence-electron chi connectivity index (χ2n) is 11.6. The molecule has 1 aromatic carbocycles. The number of ether oxygens (including phenoxy) is 2. The molecule has 0 saturated heterocycles. The molecular formula is C33H44N2O4S3. The molecule has 0 amide bonds. The number of rotatable bonds is 15. The Bertz CT molecular complexity index is 1140. The number of ketones is 1. The smallest absolute Gasteiger partial charge is 0.164 e. The van der Waals surface area contributed by atoms with E-state index in [1.807, 2.05) is 24.3 Å². The maximum Gasteiger partial charge on any atom is 0.164 e. The predicted molar refractivity (Wildman–Crippen MR) is 172 cm³/mol. The van der Waals surface area contributed by atoms with Crippen molar-refractivity contribution in [3.63, 3.8) is 0 Å². The van der Waals surface area contributed by atoms with Crippen LogP contribution < -0.4 is 4.18 Å². The van der Waals surface area contributed by atoms with Crippen molar-refractivity contribution in [3.8, 4) is 17.9 Å². The lowest BCUT2D eigenvalue weighted by molar-refractivity contribution is 0.0160. The van der Waals surface area contributed by atoms with Gasteiger partial charge >= 0.3 is 0 Å². The monoisotopic (exact) mass is 628 g/mol. The van der Waals surface area contributed by atoms with Gasteiger partial charge in [0.1, 0.15) is 17.7 Å². The third-order valence-corrected chi connectivity index (χ3v) is 12.0. The zero-order valence-electron chi connectivity index (χ0n) is 25.0. The maximum atomic E-state index is 13.6. The molecule has 0 spiro atoms. The van der Waals surface area contributed by atoms with Gasteiger partial charge in [-0.3, -0.25) is 4.79 Å². The molecule has 9 heteroatoms. The number of hydrogen-bond acceptors (Lipinski definition) is 9. The second kappa shape index (κ2) is 17.6. The fraction of sp³-hybridized carbons (Fsp3) is 0.667. The van der Waals surface area contributed by atoms with Gasteiger partial charge in [-0.2, -0.15) is 10.5 Å². The Morgan fingerprint density at radius 3 is 2.00 bits per heavy atom. The van der Waals surface area contributed by atoms with Gasteiger partial charge in [-0.15, -0.1) is 0 Å². The molecule has 0 bridgehead atoms. The molecule has 2 saturated carbocycles. The van der Waals surface area contributed by atoms with Crippen molar-refractivity contribution in [3.05, 3.63) is 27.5 Å². The van der Waals surface area contributed by atoms with Gasteiger partial charge in [-0.1, -0.05) is 50.2 Å². The van der Waals surface area contributed by atoms with Crippen molar-refractivity contribution >= 4 is 41.3 Å². The van der Waals surface area contributed by atoms with Crippen molar-refractivity contribution in [1.82, 2.24) is 0 Å². The molecule has 0 atom stereocenters. The summed E-state index contributed by atoms with van der Waals surface area (Å²) < 4.78 is 18.9. The van der Waals surface area contributed by atoms with Gasteiger partial charge in [0.2, 0.25) is 0 Å². The molecular weight excluding hydrogens is 585 g/mol. The quantitative estimate of drug-likeness (QED) is 0.0815. The molecule has 3 aliphatic rings. The highest BCUT2D eigenvalue weighted by molar-refractivity contribution is 8.24. The van der Waals surface area contributed by atoms with Crippen LogP contribution in [0.15, 0.2) is 31.7 Å². The number of allylic oxidation sites excluding steroid dienone is 1. The summed E-state index contributed by atoms with van der Waals surface area (Å²) in [6.07, 6.45) is 14.4. The van der Waals surface area contributed by atoms with Gasteiger partial charge in [0.25, 0.3) is 0 Å². The highest BCUT2D eigenvalue weighted by Crippen LogP contribution is 2.57. The number of thioether (sulfide) groups is 2. The summed E-state index contributed by atoms with van der Waals surface area (Å²) in [5, 5.41) is 19.0. The Morgan fingerprint density at radius 1 is 0.857 bits per heavy atom. The minimum Gasteiger partial charge on any atom is -0.425 e. The first kappa shape index (κ1) is 33.3. The largest absolute Gasteiger partial charge is 0.425 e. The van der Waals surface area contributed by atoms with E-state index in [2.05, 4.69) is 13.8 Å². The van der Waals surface area contributed by atoms with Crippen LogP contribution in [0, 0.1) is 34.5 Å². The normalized spacial score (nSPS) is 23.6. The summed E-state index contributed by atoms with van der Waals surface area (Å²) in [6.45, 7) is 6.06. The van der Waals surface area contributed by atoms with Crippen molar-refractivity contribution in [2.45, 2.75) is 119 Å². The summed E-state index contributed by atoms with van der Waals surface area (Å²) >= 11 is 4.20. The third-order valence-electron chi connectivity index (χ3n) is 8.41. The molecule has 6 nitrogen and oxygen atoms in total. The van der Waals surface area contributed by atoms with E-state index in [9.17, 15) is 15.3 Å². The van der Waals surface area contributed by atoms with Gasteiger partial charge in [0, 0.05) is 35.8 Å². The van der Waals surface area contributed by atoms with Crippen molar-refractivity contribution < 1.29 is 18.5 Å². The molecule has 0 unspecified atom stereocenters. The molecule has 0 radical (unpaired) electrons. The Kier molecular flexibility index (Phi) is 14.0. The molecule has 4 rings (SSSR count). The molecule has 1 aromatic rings. The minimum absolute atomic E-state index is 0.0810. The number of fused-ring (bicyclic) bond motifs is 1. The molecule has 1 heterocycles. The highest BCUT2D eigenvalue weighted by Gasteiger charge is 2.32. The summed E-state index contributed by atoms with van der Waals surface area (Å²) in [7, 11) is 0. The van der Waals surface area contributed by atoms with E-state index < -0.39 is 0 Å². The number of carbonyl (C=O) groups is 1. The van der Waals surface area contributed by atoms with Crippen LogP contribution >= 0.6 is 35.6 Å². The van der Waals surface area contributed by atoms with Crippen LogP contribution in [0.5, 0.6) is 5.75 Å². The molecule has 2 aliphatic carbocycles. The van der Waals surface area contributed by atoms with E-state index in [1.165, 1.54) is 42.0 Å². The Morgan fingerprint density at radius 2 is 1.43 bits per heavy atom. The number of unbranched alkanes of at least 4 members (excludes halogenated alkanes) is 2. The van der Waals surface area contributed by atoms with Crippen LogP contribution in [0.2, 0.25) is 0 Å². The highest BCUT2D eigenvalue weighted by atomic mass is 32.2. The third kappa shape index (κ3) is 9.44. The van der Waals surface area contributed by atoms with Crippen LogP contribution in [-0.4, -0.2) is 37.0 Å². The Hall–Kier alpha value is -1.62. The minimum atomic E-state index is 0.0810. The summed E-state index contributed by atoms with van der Waals surface area (Å²) in [5.74, 6) is 2.70. The number of nitriles is 2. The van der Waals surface area contributed by atoms with Crippen LogP contribution in [0.3, 0.4) is 0 Å². The molecule has 228 valence electrons. The number of hydrogen-bond donors (Lipinski definition) is 0. The average Bonchev–Trinajstić information content (AvgIpc) is 3.45. The van der Waals surface area contributed by atoms with E-state index in [0.29, 0.717) is 46.0 Å². The number of nitrogens with zero attached hydrogens (tertiary/aromatic N) is 2. The zero-order chi connectivity index (χ0) is 29.7. The predicted octanol–water partition coefficient (Wildman–Crippen LogP) is 9.49. The van der Waals surface area contributed by atoms with Gasteiger partial charge in [-0.25, -0.2) is 0 Å². The first-order valence-corrected chi connectivity index (χ1v) is 18.2. The summed E-state index contributed by atoms with van der Waals surface area (Å²) in [6, 6.07) is 7.80. The lowest BCUT2D eigenvalue weighted by Crippen LogP contribution is -2.23. The maximum absolute atomic E-state index is 13.6. The molecule has 0 N–H and O–H groups in total. The Labute approximate surface area is 264 Å². The van der Waals surface area contributed by atoms with Gasteiger partial charge in [0.15, 0.2) is 11.5 Å². The summed E-state index contributed by atoms with van der Waals surface area (Å²) in [4.78, 5) is 15.2. The molecule has 0 aromatic heterocycles. The molecule has 2 fully saturated rings. The SMILES string of the molecule is CCCCOC1CCC(CSOc2ccc(C(=O)CC3CCC(OCCCC)CC3)c3c2SC(=C(C#N)C#N)S3)CC1. The van der Waals surface area contributed by atoms with Crippen molar-refractivity contribution in [2.24, 2.45) is 11.8 Å². The van der Waals surface area contributed by atoms with Gasteiger partial charge < -0.3 is 13.7 Å². The van der Waals surface area contributed by atoms with Crippen molar-refractivity contribution in [1.29, 1.82) is 10.5 Å². The Balaban J connectivity index is 1.35. The van der Waals surface area contributed by atoms with E-state index in [0.717, 1.165) is 99.4 Å². The molecule has 1 aliphatic heterocycles. The average molecular weight is 629 g/mol. The zero-order valence-corrected chi connectivity index (χ0v) is 27.5. The number of Topliss-reactive ketones (excluding diaryl/α,β-unsaturated/α-hetero) is 1. The van der Waals surface area contributed by atoms with Gasteiger partial charge in [-0.05, 0) is 88.2 Å². The molecule has 42 heavy (non-hydrogen) atoms. The fourth-order valence-electron chi connectivity index (χ4n) is 5.77. The first-order valence-electron chi connectivity index (χ1n) is 15.7.